The Morgan fingerprint density at radius 3 is 1.72 bits per heavy atom. The average Bonchev–Trinajstić information content (AvgIpc) is 3.36. The van der Waals surface area contributed by atoms with Crippen LogP contribution in [0.4, 0.5) is 26.3 Å². The Labute approximate surface area is 223 Å². The van der Waals surface area contributed by atoms with Crippen LogP contribution in [0.5, 0.6) is 0 Å². The van der Waals surface area contributed by atoms with Gasteiger partial charge in [-0.25, -0.2) is 8.42 Å². The van der Waals surface area contributed by atoms with E-state index >= 15 is 8.78 Å². The summed E-state index contributed by atoms with van der Waals surface area (Å²) in [6.45, 7) is 0.340. The standard InChI is InChI=1S/C28H28F6N2O2S/c1-25(29,30)27(31,32)28(33,34)39(37,38)35-26(22-14-7-3-8-15-22,23-16-9-4-10-17-23)24-18-11-19-36(24)20-21-12-5-2-6-13-21/h2-10,12-17,24,35H,11,18-20H2,1H3/t24-/m0/s1. The van der Waals surface area contributed by atoms with Crippen LogP contribution in [0, 0.1) is 0 Å². The summed E-state index contributed by atoms with van der Waals surface area (Å²) in [4.78, 5) is 1.89. The third-order valence-electron chi connectivity index (χ3n) is 7.10. The maximum Gasteiger partial charge on any atom is 0.426 e. The molecule has 1 heterocycles. The molecule has 3 aromatic rings. The van der Waals surface area contributed by atoms with E-state index < -0.39 is 45.6 Å². The van der Waals surface area contributed by atoms with Gasteiger partial charge in [0, 0.05) is 19.5 Å². The van der Waals surface area contributed by atoms with Gasteiger partial charge in [-0.15, -0.1) is 0 Å². The van der Waals surface area contributed by atoms with E-state index in [1.54, 1.807) is 36.4 Å². The molecule has 11 heteroatoms. The minimum Gasteiger partial charge on any atom is -0.294 e. The van der Waals surface area contributed by atoms with Crippen LogP contribution in [0.1, 0.15) is 36.5 Å². The largest absolute Gasteiger partial charge is 0.426 e. The number of benzene rings is 3. The number of hydrogen-bond donors (Lipinski definition) is 1. The Balaban J connectivity index is 1.94. The number of sulfonamides is 1. The highest BCUT2D eigenvalue weighted by Crippen LogP contribution is 2.50. The van der Waals surface area contributed by atoms with E-state index in [9.17, 15) is 26.0 Å². The van der Waals surface area contributed by atoms with E-state index in [1.165, 1.54) is 24.3 Å². The minimum atomic E-state index is -6.43. The molecular formula is C28H28F6N2O2S. The molecule has 1 fully saturated rings. The number of likely N-dealkylation sites (tertiary alicyclic amines) is 1. The van der Waals surface area contributed by atoms with E-state index in [0.29, 0.717) is 25.9 Å². The van der Waals surface area contributed by atoms with Gasteiger partial charge in [0.05, 0.1) is 5.54 Å². The van der Waals surface area contributed by atoms with Gasteiger partial charge in [-0.05, 0) is 36.1 Å². The Kier molecular flexibility index (Phi) is 7.90. The van der Waals surface area contributed by atoms with Crippen LogP contribution in [-0.2, 0) is 22.1 Å². The summed E-state index contributed by atoms with van der Waals surface area (Å²) in [6.07, 6.45) is 0.866. The molecule has 0 aliphatic carbocycles. The predicted molar refractivity (Wildman–Crippen MR) is 136 cm³/mol. The highest BCUT2D eigenvalue weighted by atomic mass is 32.2. The number of alkyl halides is 6. The van der Waals surface area contributed by atoms with Crippen molar-refractivity contribution in [2.75, 3.05) is 6.54 Å². The number of nitrogens with zero attached hydrogens (tertiary/aromatic N) is 1. The van der Waals surface area contributed by atoms with Crippen LogP contribution >= 0.6 is 0 Å². The van der Waals surface area contributed by atoms with Gasteiger partial charge in [0.25, 0.3) is 10.0 Å². The number of halogens is 6. The van der Waals surface area contributed by atoms with E-state index in [1.807, 2.05) is 40.0 Å². The molecule has 4 nitrogen and oxygen atoms in total. The van der Waals surface area contributed by atoms with Gasteiger partial charge in [0.2, 0.25) is 0 Å². The van der Waals surface area contributed by atoms with Gasteiger partial charge in [-0.2, -0.15) is 31.1 Å². The number of rotatable bonds is 10. The first kappa shape index (κ1) is 29.1. The molecule has 3 aromatic carbocycles. The lowest BCUT2D eigenvalue weighted by atomic mass is 9.76. The minimum absolute atomic E-state index is 0.201. The summed E-state index contributed by atoms with van der Waals surface area (Å²) < 4.78 is 115. The third kappa shape index (κ3) is 5.19. The van der Waals surface area contributed by atoms with Gasteiger partial charge in [0.15, 0.2) is 0 Å². The molecule has 39 heavy (non-hydrogen) atoms. The van der Waals surface area contributed by atoms with Crippen molar-refractivity contribution in [2.24, 2.45) is 0 Å². The van der Waals surface area contributed by atoms with E-state index in [0.717, 1.165) is 5.56 Å². The molecule has 1 aliphatic rings. The Bertz CT molecular complexity index is 1310. The highest BCUT2D eigenvalue weighted by Gasteiger charge is 2.76. The Morgan fingerprint density at radius 2 is 1.26 bits per heavy atom. The normalized spacial score (nSPS) is 17.9. The molecule has 0 aromatic heterocycles. The molecule has 0 spiro atoms. The zero-order valence-electron chi connectivity index (χ0n) is 21.0. The summed E-state index contributed by atoms with van der Waals surface area (Å²) >= 11 is 0. The van der Waals surface area contributed by atoms with Crippen LogP contribution in [0.2, 0.25) is 0 Å². The number of nitrogens with one attached hydrogen (secondary N) is 1. The fraction of sp³-hybridized carbons (Fsp3) is 0.357. The van der Waals surface area contributed by atoms with E-state index in [2.05, 4.69) is 0 Å². The lowest BCUT2D eigenvalue weighted by Gasteiger charge is -2.45. The van der Waals surface area contributed by atoms with E-state index in [-0.39, 0.29) is 11.1 Å². The third-order valence-corrected chi connectivity index (χ3v) is 8.62. The van der Waals surface area contributed by atoms with Gasteiger partial charge >= 0.3 is 17.1 Å². The second-order valence-corrected chi connectivity index (χ2v) is 11.5. The zero-order valence-corrected chi connectivity index (χ0v) is 21.8. The van der Waals surface area contributed by atoms with Crippen LogP contribution in [-0.4, -0.2) is 43.0 Å². The number of hydrogen-bond acceptors (Lipinski definition) is 3. The molecule has 4 rings (SSSR count). The van der Waals surface area contributed by atoms with Crippen LogP contribution < -0.4 is 4.72 Å². The molecule has 1 atom stereocenters. The summed E-state index contributed by atoms with van der Waals surface area (Å²) in [5.41, 5.74) is -0.751. The van der Waals surface area contributed by atoms with Crippen LogP contribution in [0.25, 0.3) is 0 Å². The molecular weight excluding hydrogens is 542 g/mol. The van der Waals surface area contributed by atoms with Crippen molar-refractivity contribution in [2.45, 2.75) is 55.0 Å². The van der Waals surface area contributed by atoms with Crippen molar-refractivity contribution < 1.29 is 34.8 Å². The quantitative estimate of drug-likeness (QED) is 0.287. The zero-order chi connectivity index (χ0) is 28.5. The molecule has 0 bridgehead atoms. The summed E-state index contributed by atoms with van der Waals surface area (Å²) in [6, 6.07) is 23.8. The Hall–Kier alpha value is -2.89. The van der Waals surface area contributed by atoms with Gasteiger partial charge in [0.1, 0.15) is 0 Å². The molecule has 210 valence electrons. The van der Waals surface area contributed by atoms with Crippen molar-refractivity contribution in [1.29, 1.82) is 0 Å². The first-order valence-electron chi connectivity index (χ1n) is 12.3. The smallest absolute Gasteiger partial charge is 0.294 e. The fourth-order valence-electron chi connectivity index (χ4n) is 5.16. The van der Waals surface area contributed by atoms with Crippen LogP contribution in [0.3, 0.4) is 0 Å². The molecule has 0 radical (unpaired) electrons. The summed E-state index contributed by atoms with van der Waals surface area (Å²) in [5.74, 6) is -11.5. The molecule has 1 aliphatic heterocycles. The van der Waals surface area contributed by atoms with Crippen molar-refractivity contribution in [3.05, 3.63) is 108 Å². The van der Waals surface area contributed by atoms with Gasteiger partial charge < -0.3 is 0 Å². The van der Waals surface area contributed by atoms with Gasteiger partial charge in [-0.3, -0.25) is 4.90 Å². The highest BCUT2D eigenvalue weighted by molar-refractivity contribution is 7.90. The molecule has 1 saturated heterocycles. The van der Waals surface area contributed by atoms with Crippen LogP contribution in [0.15, 0.2) is 91.0 Å². The molecule has 0 saturated carbocycles. The first-order valence-corrected chi connectivity index (χ1v) is 13.8. The van der Waals surface area contributed by atoms with Crippen molar-refractivity contribution >= 4 is 10.0 Å². The second-order valence-electron chi connectivity index (χ2n) is 9.74. The maximum atomic E-state index is 15.1. The molecule has 1 N–H and O–H groups in total. The maximum absolute atomic E-state index is 15.1. The summed E-state index contributed by atoms with van der Waals surface area (Å²) in [7, 11) is -6.43. The molecule has 0 unspecified atom stereocenters. The second kappa shape index (κ2) is 10.6. The first-order chi connectivity index (χ1) is 18.2. The topological polar surface area (TPSA) is 49.4 Å². The van der Waals surface area contributed by atoms with Crippen molar-refractivity contribution in [3.63, 3.8) is 0 Å². The average molecular weight is 571 g/mol. The fourth-order valence-corrected chi connectivity index (χ4v) is 6.60. The van der Waals surface area contributed by atoms with Gasteiger partial charge in [-0.1, -0.05) is 91.0 Å². The molecule has 0 amide bonds. The predicted octanol–water partition coefficient (Wildman–Crippen LogP) is 6.40. The SMILES string of the molecule is CC(F)(F)C(F)(F)C(F)(F)S(=O)(=O)NC(c1ccccc1)(c1ccccc1)[C@@H]1CCCN1Cc1ccccc1. The lowest BCUT2D eigenvalue weighted by molar-refractivity contribution is -0.271. The monoisotopic (exact) mass is 570 g/mol. The summed E-state index contributed by atoms with van der Waals surface area (Å²) in [5, 5.41) is -6.14. The Morgan fingerprint density at radius 1 is 0.795 bits per heavy atom. The van der Waals surface area contributed by atoms with Crippen molar-refractivity contribution in [1.82, 2.24) is 9.62 Å². The lowest BCUT2D eigenvalue weighted by Crippen LogP contribution is -2.65. The van der Waals surface area contributed by atoms with E-state index in [4.69, 9.17) is 0 Å². The van der Waals surface area contributed by atoms with Crippen molar-refractivity contribution in [3.8, 4) is 0 Å².